The molecule has 0 radical (unpaired) electrons. The molecule has 0 aliphatic heterocycles. The largest absolute Gasteiger partial charge is 0.756 e. The van der Waals surface area contributed by atoms with Crippen LogP contribution >= 0.6 is 7.82 Å². The van der Waals surface area contributed by atoms with E-state index in [1.54, 1.807) is 0 Å². The van der Waals surface area contributed by atoms with Crippen LogP contribution in [-0.2, 0) is 27.9 Å². The average molecular weight is 992 g/mol. The highest BCUT2D eigenvalue weighted by atomic mass is 31.2. The molecule has 0 fully saturated rings. The number of esters is 1. The number of hydrogen-bond donors (Lipinski definition) is 1. The third-order valence-corrected chi connectivity index (χ3v) is 13.7. The molecule has 0 heterocycles. The zero-order valence-corrected chi connectivity index (χ0v) is 46.9. The number of likely N-dealkylation sites (N-methyl/N-ethyl adjacent to an activating group) is 1. The van der Waals surface area contributed by atoms with Crippen molar-refractivity contribution in [3.05, 3.63) is 48.6 Å². The molecule has 1 amide bonds. The predicted molar refractivity (Wildman–Crippen MR) is 293 cm³/mol. The highest BCUT2D eigenvalue weighted by molar-refractivity contribution is 7.45. The van der Waals surface area contributed by atoms with Gasteiger partial charge in [0, 0.05) is 12.8 Å². The van der Waals surface area contributed by atoms with E-state index in [1.165, 1.54) is 141 Å². The SMILES string of the molecule is CCCCC/C=C\C/C=C\C/C=C\CCCCCCCCC(=O)NC(COP(=O)([O-])OCC[N+](C)(C)C)C(/C=C\CCCCCCCCCCC)OC(=O)CCCCCCCCCCCCCCC. The number of ether oxygens (including phenoxy) is 1. The Kier molecular flexibility index (Phi) is 48.1. The van der Waals surface area contributed by atoms with Gasteiger partial charge >= 0.3 is 5.97 Å². The van der Waals surface area contributed by atoms with Gasteiger partial charge < -0.3 is 28.5 Å². The lowest BCUT2D eigenvalue weighted by Gasteiger charge is -2.30. The first-order valence-electron chi connectivity index (χ1n) is 28.9. The minimum atomic E-state index is -4.69. The Hall–Kier alpha value is -2.03. The summed E-state index contributed by atoms with van der Waals surface area (Å²) in [7, 11) is 1.18. The third kappa shape index (κ3) is 50.7. The molecule has 3 unspecified atom stereocenters. The molecule has 0 saturated heterocycles. The number of nitrogens with one attached hydrogen (secondary N) is 1. The average Bonchev–Trinajstić information content (AvgIpc) is 3.31. The van der Waals surface area contributed by atoms with Crippen LogP contribution in [0.1, 0.15) is 265 Å². The summed E-state index contributed by atoms with van der Waals surface area (Å²) in [5, 5.41) is 3.01. The van der Waals surface area contributed by atoms with E-state index < -0.39 is 26.6 Å². The van der Waals surface area contributed by atoms with Crippen LogP contribution in [0.25, 0.3) is 0 Å². The van der Waals surface area contributed by atoms with Crippen LogP contribution in [0.3, 0.4) is 0 Å². The fourth-order valence-corrected chi connectivity index (χ4v) is 8.96. The Balaban J connectivity index is 5.30. The van der Waals surface area contributed by atoms with Gasteiger partial charge in [0.05, 0.1) is 33.8 Å². The number of quaternary nitrogens is 1. The first-order valence-corrected chi connectivity index (χ1v) is 30.4. The summed E-state index contributed by atoms with van der Waals surface area (Å²) >= 11 is 0. The van der Waals surface area contributed by atoms with Gasteiger partial charge in [0.25, 0.3) is 7.82 Å². The summed E-state index contributed by atoms with van der Waals surface area (Å²) in [5.74, 6) is -0.550. The van der Waals surface area contributed by atoms with Gasteiger partial charge in [-0.05, 0) is 70.3 Å². The number of rotatable bonds is 52. The van der Waals surface area contributed by atoms with Crippen molar-refractivity contribution in [2.45, 2.75) is 277 Å². The summed E-state index contributed by atoms with van der Waals surface area (Å²) in [6.45, 7) is 6.80. The Morgan fingerprint density at radius 2 is 0.884 bits per heavy atom. The predicted octanol–water partition coefficient (Wildman–Crippen LogP) is 16.7. The van der Waals surface area contributed by atoms with E-state index in [2.05, 4.69) is 62.5 Å². The lowest BCUT2D eigenvalue weighted by atomic mass is 10.0. The summed E-state index contributed by atoms with van der Waals surface area (Å²) in [4.78, 5) is 39.8. The van der Waals surface area contributed by atoms with Gasteiger partial charge in [-0.1, -0.05) is 230 Å². The molecule has 0 bridgehead atoms. The van der Waals surface area contributed by atoms with Crippen molar-refractivity contribution in [3.8, 4) is 0 Å². The van der Waals surface area contributed by atoms with Crippen LogP contribution in [0.4, 0.5) is 0 Å². The van der Waals surface area contributed by atoms with Crippen LogP contribution in [0.5, 0.6) is 0 Å². The zero-order valence-electron chi connectivity index (χ0n) is 46.0. The summed E-state index contributed by atoms with van der Waals surface area (Å²) in [5.41, 5.74) is 0. The summed E-state index contributed by atoms with van der Waals surface area (Å²) < 4.78 is 30.2. The zero-order chi connectivity index (χ0) is 50.8. The van der Waals surface area contributed by atoms with Crippen molar-refractivity contribution < 1.29 is 37.3 Å². The highest BCUT2D eigenvalue weighted by Crippen LogP contribution is 2.38. The molecule has 0 rings (SSSR count). The van der Waals surface area contributed by atoms with E-state index in [1.807, 2.05) is 33.3 Å². The molecule has 9 nitrogen and oxygen atoms in total. The van der Waals surface area contributed by atoms with Crippen molar-refractivity contribution in [1.82, 2.24) is 5.32 Å². The molecule has 0 aromatic rings. The molecule has 0 aromatic carbocycles. The lowest BCUT2D eigenvalue weighted by molar-refractivity contribution is -0.870. The maximum atomic E-state index is 13.5. The number of amides is 1. The van der Waals surface area contributed by atoms with E-state index in [-0.39, 0.29) is 24.9 Å². The number of carbonyl (C=O) groups excluding carboxylic acids is 2. The monoisotopic (exact) mass is 991 g/mol. The number of phosphoric ester groups is 1. The molecule has 0 aliphatic rings. The molecule has 69 heavy (non-hydrogen) atoms. The number of allylic oxidation sites excluding steroid dienone is 7. The van der Waals surface area contributed by atoms with Gasteiger partial charge in [0.2, 0.25) is 5.91 Å². The molecule has 1 N–H and O–H groups in total. The van der Waals surface area contributed by atoms with Crippen LogP contribution < -0.4 is 10.2 Å². The second kappa shape index (κ2) is 49.5. The summed E-state index contributed by atoms with van der Waals surface area (Å²) in [6.07, 6.45) is 59.2. The second-order valence-corrected chi connectivity index (χ2v) is 22.2. The summed E-state index contributed by atoms with van der Waals surface area (Å²) in [6, 6.07) is -0.891. The van der Waals surface area contributed by atoms with E-state index in [0.29, 0.717) is 17.4 Å². The molecule has 0 aliphatic carbocycles. The van der Waals surface area contributed by atoms with Crippen LogP contribution in [0, 0.1) is 0 Å². The van der Waals surface area contributed by atoms with Crippen molar-refractivity contribution in [2.75, 3.05) is 40.9 Å². The molecule has 404 valence electrons. The molecule has 3 atom stereocenters. The fraction of sp³-hybridized carbons (Fsp3) is 0.831. The molecule has 10 heteroatoms. The van der Waals surface area contributed by atoms with Gasteiger partial charge in [-0.15, -0.1) is 0 Å². The number of nitrogens with zero attached hydrogens (tertiary/aromatic N) is 1. The molecule has 0 aromatic heterocycles. The first kappa shape index (κ1) is 67.0. The van der Waals surface area contributed by atoms with Gasteiger partial charge in [0.1, 0.15) is 19.3 Å². The van der Waals surface area contributed by atoms with Crippen LogP contribution in [0.2, 0.25) is 0 Å². The smallest absolute Gasteiger partial charge is 0.306 e. The molecular weight excluding hydrogens is 880 g/mol. The third-order valence-electron chi connectivity index (χ3n) is 12.8. The number of carbonyl (C=O) groups is 2. The van der Waals surface area contributed by atoms with Crippen LogP contribution in [0.15, 0.2) is 48.6 Å². The van der Waals surface area contributed by atoms with Gasteiger partial charge in [-0.2, -0.15) is 0 Å². The lowest BCUT2D eigenvalue weighted by Crippen LogP contribution is -2.47. The minimum absolute atomic E-state index is 0.0244. The van der Waals surface area contributed by atoms with Gasteiger partial charge in [-0.25, -0.2) is 0 Å². The Labute approximate surface area is 427 Å². The highest BCUT2D eigenvalue weighted by Gasteiger charge is 2.27. The van der Waals surface area contributed by atoms with Gasteiger partial charge in [0.15, 0.2) is 0 Å². The van der Waals surface area contributed by atoms with Crippen molar-refractivity contribution >= 4 is 19.7 Å². The maximum Gasteiger partial charge on any atom is 0.306 e. The number of unbranched alkanes of at least 4 members (excludes halogenated alkanes) is 30. The first-order chi connectivity index (χ1) is 33.4. The van der Waals surface area contributed by atoms with Gasteiger partial charge in [-0.3, -0.25) is 14.2 Å². The van der Waals surface area contributed by atoms with Crippen molar-refractivity contribution in [2.24, 2.45) is 0 Å². The normalized spacial score (nSPS) is 14.1. The van der Waals surface area contributed by atoms with E-state index >= 15 is 0 Å². The van der Waals surface area contributed by atoms with E-state index in [4.69, 9.17) is 13.8 Å². The standard InChI is InChI=1S/C59H111N2O7P/c1-7-10-13-16-19-22-25-27-28-29-30-31-32-34-36-39-42-45-48-51-58(62)60-56(55-67-69(64,65)66-54-53-61(4,5)6)57(50-47-44-41-38-35-24-21-18-15-12-9-3)68-59(63)52-49-46-43-40-37-33-26-23-20-17-14-11-8-2/h19,22,27-28,30-31,47,50,56-57H,7-18,20-21,23-26,29,32-46,48-49,51-55H2,1-6H3,(H-,60,62,64,65)/b22-19-,28-27-,31-30-,50-47-. The van der Waals surface area contributed by atoms with Crippen LogP contribution in [-0.4, -0.2) is 69.4 Å². The fourth-order valence-electron chi connectivity index (χ4n) is 8.23. The number of hydrogen-bond acceptors (Lipinski definition) is 7. The molecule has 0 saturated carbocycles. The number of phosphoric acid groups is 1. The quantitative estimate of drug-likeness (QED) is 0.0212. The topological polar surface area (TPSA) is 114 Å². The van der Waals surface area contributed by atoms with Crippen molar-refractivity contribution in [1.29, 1.82) is 0 Å². The Bertz CT molecular complexity index is 1330. The molecule has 0 spiro atoms. The Morgan fingerprint density at radius 1 is 0.507 bits per heavy atom. The van der Waals surface area contributed by atoms with Crippen molar-refractivity contribution in [3.63, 3.8) is 0 Å². The maximum absolute atomic E-state index is 13.5. The Morgan fingerprint density at radius 3 is 1.35 bits per heavy atom. The minimum Gasteiger partial charge on any atom is -0.756 e. The van der Waals surface area contributed by atoms with E-state index in [9.17, 15) is 19.0 Å². The van der Waals surface area contributed by atoms with E-state index in [0.717, 1.165) is 89.9 Å². The molecular formula is C59H111N2O7P. The second-order valence-electron chi connectivity index (χ2n) is 20.8.